The lowest BCUT2D eigenvalue weighted by molar-refractivity contribution is -0.138. The van der Waals surface area contributed by atoms with E-state index in [0.29, 0.717) is 0 Å². The maximum absolute atomic E-state index is 13.1. The molecule has 0 saturated heterocycles. The van der Waals surface area contributed by atoms with E-state index in [-0.39, 0.29) is 17.7 Å². The van der Waals surface area contributed by atoms with E-state index in [0.717, 1.165) is 11.6 Å². The molecule has 20 heavy (non-hydrogen) atoms. The van der Waals surface area contributed by atoms with E-state index < -0.39 is 11.7 Å². The van der Waals surface area contributed by atoms with Crippen molar-refractivity contribution in [1.29, 1.82) is 0 Å². The Morgan fingerprint density at radius 1 is 1.00 bits per heavy atom. The minimum Gasteiger partial charge on any atom is -0.194 e. The Morgan fingerprint density at radius 3 is 2.30 bits per heavy atom. The highest BCUT2D eigenvalue weighted by molar-refractivity contribution is 7.78. The van der Waals surface area contributed by atoms with Crippen LogP contribution in [0.15, 0.2) is 53.5 Å². The van der Waals surface area contributed by atoms with E-state index in [2.05, 4.69) is 22.4 Å². The number of rotatable bonds is 3. The van der Waals surface area contributed by atoms with Crippen LogP contribution in [0.5, 0.6) is 0 Å². The fraction of sp³-hybridized carbons (Fsp3) is 0.133. The first kappa shape index (κ1) is 14.4. The summed E-state index contributed by atoms with van der Waals surface area (Å²) in [5, 5.41) is 2.13. The second-order valence-electron chi connectivity index (χ2n) is 4.17. The van der Waals surface area contributed by atoms with Gasteiger partial charge in [-0.1, -0.05) is 36.4 Å². The van der Waals surface area contributed by atoms with Gasteiger partial charge in [0.1, 0.15) is 0 Å². The molecule has 0 atom stereocenters. The summed E-state index contributed by atoms with van der Waals surface area (Å²) in [6.07, 6.45) is -4.27. The quantitative estimate of drug-likeness (QED) is 0.571. The van der Waals surface area contributed by atoms with Gasteiger partial charge in [-0.3, -0.25) is 0 Å². The number of hydrogen-bond donors (Lipinski definition) is 0. The number of halogens is 3. The first-order valence-electron chi connectivity index (χ1n) is 5.83. The molecule has 0 saturated carbocycles. The zero-order valence-electron chi connectivity index (χ0n) is 10.3. The van der Waals surface area contributed by atoms with Crippen molar-refractivity contribution < 1.29 is 13.2 Å². The third-order valence-electron chi connectivity index (χ3n) is 2.85. The largest absolute Gasteiger partial charge is 0.416 e. The number of benzene rings is 2. The fourth-order valence-corrected chi connectivity index (χ4v) is 2.08. The van der Waals surface area contributed by atoms with E-state index in [9.17, 15) is 13.2 Å². The van der Waals surface area contributed by atoms with E-state index in [1.54, 1.807) is 24.3 Å². The molecule has 2 aromatic carbocycles. The molecule has 0 radical (unpaired) electrons. The molecule has 0 N–H and O–H groups in total. The van der Waals surface area contributed by atoms with Gasteiger partial charge in [-0.2, -0.15) is 18.2 Å². The van der Waals surface area contributed by atoms with Gasteiger partial charge in [0.05, 0.1) is 16.4 Å². The highest BCUT2D eigenvalue weighted by Crippen LogP contribution is 2.37. The van der Waals surface area contributed by atoms with Crippen LogP contribution in [0, 0.1) is 0 Å². The lowest BCUT2D eigenvalue weighted by atomic mass is 9.97. The Hall–Kier alpha value is -1.97. The lowest BCUT2D eigenvalue weighted by Gasteiger charge is -2.14. The van der Waals surface area contributed by atoms with Gasteiger partial charge in [0.25, 0.3) is 0 Å². The second-order valence-corrected chi connectivity index (χ2v) is 4.35. The highest BCUT2D eigenvalue weighted by Gasteiger charge is 2.34. The van der Waals surface area contributed by atoms with Crippen molar-refractivity contribution in [3.8, 4) is 0 Å². The van der Waals surface area contributed by atoms with Crippen LogP contribution in [0.4, 0.5) is 18.9 Å². The number of isothiocyanates is 1. The van der Waals surface area contributed by atoms with Gasteiger partial charge < -0.3 is 0 Å². The SMILES string of the molecule is FC(F)(F)c1cccc(N=C=S)c1Cc1ccccc1. The van der Waals surface area contributed by atoms with Gasteiger partial charge in [-0.25, -0.2) is 0 Å². The Bertz CT molecular complexity index is 644. The van der Waals surface area contributed by atoms with Gasteiger partial charge in [0.2, 0.25) is 0 Å². The number of thiocarbonyl (C=S) groups is 1. The monoisotopic (exact) mass is 293 g/mol. The molecule has 5 heteroatoms. The summed E-state index contributed by atoms with van der Waals surface area (Å²) in [5.74, 6) is 0. The van der Waals surface area contributed by atoms with Gasteiger partial charge in [0.15, 0.2) is 0 Å². The summed E-state index contributed by atoms with van der Waals surface area (Å²) < 4.78 is 39.2. The number of alkyl halides is 3. The van der Waals surface area contributed by atoms with Gasteiger partial charge in [-0.05, 0) is 35.5 Å². The summed E-state index contributed by atoms with van der Waals surface area (Å²) in [7, 11) is 0. The minimum atomic E-state index is -4.42. The topological polar surface area (TPSA) is 12.4 Å². The fourth-order valence-electron chi connectivity index (χ4n) is 1.98. The van der Waals surface area contributed by atoms with Crippen molar-refractivity contribution in [2.24, 2.45) is 4.99 Å². The molecule has 0 spiro atoms. The van der Waals surface area contributed by atoms with Crippen LogP contribution in [0.1, 0.15) is 16.7 Å². The average molecular weight is 293 g/mol. The van der Waals surface area contributed by atoms with E-state index >= 15 is 0 Å². The van der Waals surface area contributed by atoms with Crippen molar-refractivity contribution in [2.45, 2.75) is 12.6 Å². The second kappa shape index (κ2) is 5.99. The third-order valence-corrected chi connectivity index (χ3v) is 2.94. The van der Waals surface area contributed by atoms with Crippen LogP contribution < -0.4 is 0 Å². The predicted molar refractivity (Wildman–Crippen MR) is 75.4 cm³/mol. The van der Waals surface area contributed by atoms with Crippen molar-refractivity contribution in [2.75, 3.05) is 0 Å². The predicted octanol–water partition coefficient (Wildman–Crippen LogP) is 5.03. The van der Waals surface area contributed by atoms with Crippen LogP contribution in [-0.4, -0.2) is 5.16 Å². The summed E-state index contributed by atoms with van der Waals surface area (Å²) >= 11 is 4.50. The van der Waals surface area contributed by atoms with E-state index in [1.807, 2.05) is 6.07 Å². The normalized spacial score (nSPS) is 10.9. The number of hydrogen-bond acceptors (Lipinski definition) is 2. The molecule has 1 nitrogen and oxygen atoms in total. The molecule has 0 aliphatic rings. The Morgan fingerprint density at radius 2 is 1.70 bits per heavy atom. The molecule has 0 aliphatic heterocycles. The standard InChI is InChI=1S/C15H10F3NS/c16-15(17,18)13-7-4-8-14(19-10-20)12(13)9-11-5-2-1-3-6-11/h1-8H,9H2. The van der Waals surface area contributed by atoms with Crippen molar-refractivity contribution >= 4 is 23.1 Å². The molecule has 0 aliphatic carbocycles. The highest BCUT2D eigenvalue weighted by atomic mass is 32.1. The van der Waals surface area contributed by atoms with Crippen LogP contribution >= 0.6 is 12.2 Å². The van der Waals surface area contributed by atoms with Gasteiger partial charge >= 0.3 is 6.18 Å². The van der Waals surface area contributed by atoms with Crippen LogP contribution in [0.25, 0.3) is 0 Å². The summed E-state index contributed by atoms with van der Waals surface area (Å²) in [4.78, 5) is 3.74. The number of aliphatic imine (C=N–C) groups is 1. The van der Waals surface area contributed by atoms with Crippen molar-refractivity contribution in [3.05, 3.63) is 65.2 Å². The molecule has 0 bridgehead atoms. The van der Waals surface area contributed by atoms with Crippen LogP contribution in [-0.2, 0) is 12.6 Å². The maximum atomic E-state index is 13.1. The smallest absolute Gasteiger partial charge is 0.194 e. The molecule has 0 unspecified atom stereocenters. The summed E-state index contributed by atoms with van der Waals surface area (Å²) in [6.45, 7) is 0. The molecule has 2 rings (SSSR count). The maximum Gasteiger partial charge on any atom is 0.416 e. The Labute approximate surface area is 119 Å². The van der Waals surface area contributed by atoms with Crippen molar-refractivity contribution in [1.82, 2.24) is 0 Å². The molecule has 0 amide bonds. The van der Waals surface area contributed by atoms with Crippen LogP contribution in [0.2, 0.25) is 0 Å². The summed E-state index contributed by atoms with van der Waals surface area (Å²) in [6, 6.07) is 12.8. The van der Waals surface area contributed by atoms with Gasteiger partial charge in [-0.15, -0.1) is 0 Å². The van der Waals surface area contributed by atoms with Gasteiger partial charge in [0, 0.05) is 6.42 Å². The molecular formula is C15H10F3NS. The summed E-state index contributed by atoms with van der Waals surface area (Å²) in [5.41, 5.74) is 0.417. The molecule has 0 aromatic heterocycles. The molecule has 2 aromatic rings. The molecule has 0 fully saturated rings. The van der Waals surface area contributed by atoms with Crippen LogP contribution in [0.3, 0.4) is 0 Å². The van der Waals surface area contributed by atoms with Crippen molar-refractivity contribution in [3.63, 3.8) is 0 Å². The Balaban J connectivity index is 2.55. The first-order chi connectivity index (χ1) is 9.52. The Kier molecular flexibility index (Phi) is 4.32. The molecule has 0 heterocycles. The minimum absolute atomic E-state index is 0.114. The number of nitrogens with zero attached hydrogens (tertiary/aromatic N) is 1. The molecular weight excluding hydrogens is 283 g/mol. The lowest BCUT2D eigenvalue weighted by Crippen LogP contribution is -2.09. The first-order valence-corrected chi connectivity index (χ1v) is 6.24. The van der Waals surface area contributed by atoms with E-state index in [4.69, 9.17) is 0 Å². The van der Waals surface area contributed by atoms with E-state index in [1.165, 1.54) is 12.1 Å². The zero-order valence-corrected chi connectivity index (χ0v) is 11.1. The molecule has 102 valence electrons. The third kappa shape index (κ3) is 3.32. The average Bonchev–Trinajstić information content (AvgIpc) is 2.41. The zero-order chi connectivity index (χ0) is 14.6.